The Labute approximate surface area is 154 Å². The van der Waals surface area contributed by atoms with Gasteiger partial charge in [-0.15, -0.1) is 11.3 Å². The molecule has 2 amide bonds. The summed E-state index contributed by atoms with van der Waals surface area (Å²) in [5.74, 6) is -1.14. The topological polar surface area (TPSA) is 86.2 Å². The summed E-state index contributed by atoms with van der Waals surface area (Å²) in [6.45, 7) is 2.19. The van der Waals surface area contributed by atoms with E-state index in [1.807, 2.05) is 36.4 Å². The van der Waals surface area contributed by atoms with Crippen molar-refractivity contribution >= 4 is 23.2 Å². The molecule has 0 bridgehead atoms. The molecule has 0 radical (unpaired) electrons. The molecule has 0 aliphatic rings. The van der Waals surface area contributed by atoms with Crippen LogP contribution in [0.15, 0.2) is 41.8 Å². The lowest BCUT2D eigenvalue weighted by atomic mass is 10.0. The molecule has 0 fully saturated rings. The summed E-state index contributed by atoms with van der Waals surface area (Å²) in [7, 11) is 0. The quantitative estimate of drug-likeness (QED) is 0.643. The van der Waals surface area contributed by atoms with Gasteiger partial charge in [-0.3, -0.25) is 9.59 Å². The highest BCUT2D eigenvalue weighted by atomic mass is 32.1. The average Bonchev–Trinajstić information content (AvgIpc) is 3.04. The Kier molecular flexibility index (Phi) is 10.2. The first kappa shape index (κ1) is 20.9. The number of carbonyl (C=O) groups is 2. The highest BCUT2D eigenvalue weighted by Crippen LogP contribution is 2.24. The Hall–Kier alpha value is -2.14. The standard InChI is InChI=1S/C14H22N2O2S.C6H6/c1-2-3-4-5-6-7-8-11-12(14(16)18)10(9-19-11)13(15)17;1-2-4-6-5-3-1/h9H,2-8H2,1H3,(H2,15,17)(H2,16,18);1-6H. The average molecular weight is 361 g/mol. The number of aryl methyl sites for hydroxylation is 1. The van der Waals surface area contributed by atoms with Crippen LogP contribution >= 0.6 is 11.3 Å². The molecule has 0 saturated carbocycles. The maximum atomic E-state index is 11.4. The first-order valence-corrected chi connectivity index (χ1v) is 9.65. The Balaban J connectivity index is 0.000000435. The number of amides is 2. The molecule has 4 N–H and O–H groups in total. The predicted octanol–water partition coefficient (Wildman–Crippen LogP) is 4.54. The largest absolute Gasteiger partial charge is 0.366 e. The highest BCUT2D eigenvalue weighted by Gasteiger charge is 2.19. The number of rotatable bonds is 9. The van der Waals surface area contributed by atoms with Gasteiger partial charge in [0, 0.05) is 10.3 Å². The predicted molar refractivity (Wildman–Crippen MR) is 105 cm³/mol. The second kappa shape index (κ2) is 12.3. The summed E-state index contributed by atoms with van der Waals surface area (Å²) in [5.41, 5.74) is 11.2. The van der Waals surface area contributed by atoms with Crippen molar-refractivity contribution in [2.75, 3.05) is 0 Å². The zero-order valence-electron chi connectivity index (χ0n) is 14.9. The summed E-state index contributed by atoms with van der Waals surface area (Å²) in [6, 6.07) is 12.0. The first-order chi connectivity index (χ1) is 12.1. The van der Waals surface area contributed by atoms with Crippen molar-refractivity contribution in [2.24, 2.45) is 11.5 Å². The smallest absolute Gasteiger partial charge is 0.250 e. The minimum atomic E-state index is -0.584. The molecule has 0 aliphatic carbocycles. The van der Waals surface area contributed by atoms with Crippen LogP contribution in [-0.4, -0.2) is 11.8 Å². The van der Waals surface area contributed by atoms with Gasteiger partial charge in [-0.2, -0.15) is 0 Å². The maximum absolute atomic E-state index is 11.4. The summed E-state index contributed by atoms with van der Waals surface area (Å²) >= 11 is 1.40. The molecule has 0 atom stereocenters. The fourth-order valence-corrected chi connectivity index (χ4v) is 3.57. The van der Waals surface area contributed by atoms with Gasteiger partial charge in [0.25, 0.3) is 5.91 Å². The van der Waals surface area contributed by atoms with Crippen molar-refractivity contribution in [1.29, 1.82) is 0 Å². The third kappa shape index (κ3) is 7.98. The van der Waals surface area contributed by atoms with Crippen LogP contribution in [0.2, 0.25) is 0 Å². The zero-order valence-corrected chi connectivity index (χ0v) is 15.7. The van der Waals surface area contributed by atoms with Crippen LogP contribution in [0.4, 0.5) is 0 Å². The van der Waals surface area contributed by atoms with Gasteiger partial charge in [0.2, 0.25) is 5.91 Å². The maximum Gasteiger partial charge on any atom is 0.250 e. The Bertz CT molecular complexity index is 612. The monoisotopic (exact) mass is 360 g/mol. The second-order valence-electron chi connectivity index (χ2n) is 5.85. The zero-order chi connectivity index (χ0) is 18.5. The van der Waals surface area contributed by atoms with E-state index in [2.05, 4.69) is 6.92 Å². The van der Waals surface area contributed by atoms with Crippen LogP contribution < -0.4 is 11.5 Å². The van der Waals surface area contributed by atoms with Crippen LogP contribution in [0.5, 0.6) is 0 Å². The number of benzene rings is 1. The van der Waals surface area contributed by atoms with E-state index in [4.69, 9.17) is 11.5 Å². The molecule has 0 spiro atoms. The number of thiophene rings is 1. The molecule has 0 aliphatic heterocycles. The van der Waals surface area contributed by atoms with E-state index in [1.54, 1.807) is 5.38 Å². The van der Waals surface area contributed by atoms with Crippen LogP contribution in [0.1, 0.15) is 71.0 Å². The van der Waals surface area contributed by atoms with Gasteiger partial charge in [-0.25, -0.2) is 0 Å². The molecule has 2 aromatic rings. The van der Waals surface area contributed by atoms with Crippen molar-refractivity contribution < 1.29 is 9.59 Å². The van der Waals surface area contributed by atoms with Gasteiger partial charge in [0.15, 0.2) is 0 Å². The van der Waals surface area contributed by atoms with Crippen LogP contribution in [0.3, 0.4) is 0 Å². The fourth-order valence-electron chi connectivity index (χ4n) is 2.48. The molecule has 0 unspecified atom stereocenters. The molecular formula is C20H28N2O2S. The van der Waals surface area contributed by atoms with Crippen molar-refractivity contribution in [3.05, 3.63) is 57.8 Å². The number of primary amides is 2. The van der Waals surface area contributed by atoms with Crippen molar-refractivity contribution in [2.45, 2.75) is 51.9 Å². The van der Waals surface area contributed by atoms with Gasteiger partial charge >= 0.3 is 0 Å². The minimum absolute atomic E-state index is 0.262. The third-order valence-corrected chi connectivity index (χ3v) is 4.85. The van der Waals surface area contributed by atoms with Crippen LogP contribution in [0, 0.1) is 0 Å². The minimum Gasteiger partial charge on any atom is -0.366 e. The Morgan fingerprint density at radius 1 is 0.840 bits per heavy atom. The number of nitrogens with two attached hydrogens (primary N) is 2. The molecule has 136 valence electrons. The van der Waals surface area contributed by atoms with E-state index in [0.717, 1.165) is 24.1 Å². The van der Waals surface area contributed by atoms with E-state index < -0.39 is 11.8 Å². The molecule has 4 nitrogen and oxygen atoms in total. The molecule has 5 heteroatoms. The molecule has 1 aromatic carbocycles. The lowest BCUT2D eigenvalue weighted by molar-refractivity contribution is 0.0967. The van der Waals surface area contributed by atoms with Crippen molar-refractivity contribution in [3.8, 4) is 0 Å². The van der Waals surface area contributed by atoms with E-state index >= 15 is 0 Å². The lowest BCUT2D eigenvalue weighted by Crippen LogP contribution is -2.20. The Morgan fingerprint density at radius 3 is 1.84 bits per heavy atom. The summed E-state index contributed by atoms with van der Waals surface area (Å²) in [6.07, 6.45) is 7.94. The molecular weight excluding hydrogens is 332 g/mol. The molecule has 1 heterocycles. The van der Waals surface area contributed by atoms with Crippen molar-refractivity contribution in [3.63, 3.8) is 0 Å². The Morgan fingerprint density at radius 2 is 1.36 bits per heavy atom. The number of carbonyl (C=O) groups excluding carboxylic acids is 2. The van der Waals surface area contributed by atoms with Gasteiger partial charge in [-0.1, -0.05) is 75.4 Å². The number of unbranched alkanes of at least 4 members (excludes halogenated alkanes) is 5. The summed E-state index contributed by atoms with van der Waals surface area (Å²) < 4.78 is 0. The number of hydrogen-bond donors (Lipinski definition) is 2. The van der Waals surface area contributed by atoms with Crippen molar-refractivity contribution in [1.82, 2.24) is 0 Å². The van der Waals surface area contributed by atoms with Crippen LogP contribution in [-0.2, 0) is 6.42 Å². The number of hydrogen-bond acceptors (Lipinski definition) is 3. The SMILES string of the molecule is CCCCCCCCc1scc(C(N)=O)c1C(N)=O.c1ccccc1. The molecule has 1 aromatic heterocycles. The second-order valence-corrected chi connectivity index (χ2v) is 6.81. The molecule has 25 heavy (non-hydrogen) atoms. The molecule has 0 saturated heterocycles. The van der Waals surface area contributed by atoms with E-state index in [1.165, 1.54) is 37.0 Å². The van der Waals surface area contributed by atoms with Crippen LogP contribution in [0.25, 0.3) is 0 Å². The molecule has 2 rings (SSSR count). The van der Waals surface area contributed by atoms with Gasteiger partial charge in [-0.05, 0) is 12.8 Å². The van der Waals surface area contributed by atoms with Gasteiger partial charge < -0.3 is 11.5 Å². The van der Waals surface area contributed by atoms with Gasteiger partial charge in [0.05, 0.1) is 11.1 Å². The van der Waals surface area contributed by atoms with E-state index in [0.29, 0.717) is 5.56 Å². The lowest BCUT2D eigenvalue weighted by Gasteiger charge is -2.03. The first-order valence-electron chi connectivity index (χ1n) is 8.77. The normalized spacial score (nSPS) is 9.96. The third-order valence-electron chi connectivity index (χ3n) is 3.80. The van der Waals surface area contributed by atoms with Gasteiger partial charge in [0.1, 0.15) is 0 Å². The fraction of sp³-hybridized carbons (Fsp3) is 0.400. The van der Waals surface area contributed by atoms with E-state index in [9.17, 15) is 9.59 Å². The van der Waals surface area contributed by atoms with E-state index in [-0.39, 0.29) is 5.56 Å². The summed E-state index contributed by atoms with van der Waals surface area (Å²) in [5, 5.41) is 1.63. The highest BCUT2D eigenvalue weighted by molar-refractivity contribution is 7.10. The summed E-state index contributed by atoms with van der Waals surface area (Å²) in [4.78, 5) is 23.5.